The monoisotopic (exact) mass is 328 g/mol. The Balaban J connectivity index is 2.01. The third-order valence-corrected chi connectivity index (χ3v) is 4.08. The van der Waals surface area contributed by atoms with Crippen LogP contribution in [-0.4, -0.2) is 28.4 Å². The van der Waals surface area contributed by atoms with Gasteiger partial charge < -0.3 is 14.9 Å². The van der Waals surface area contributed by atoms with E-state index in [4.69, 9.17) is 9.84 Å². The second-order valence-electron chi connectivity index (χ2n) is 5.02. The van der Waals surface area contributed by atoms with Crippen molar-refractivity contribution >= 4 is 21.9 Å². The van der Waals surface area contributed by atoms with Crippen molar-refractivity contribution in [2.75, 3.05) is 6.61 Å². The minimum absolute atomic E-state index is 0.204. The largest absolute Gasteiger partial charge is 0.489 e. The van der Waals surface area contributed by atoms with Gasteiger partial charge in [-0.25, -0.2) is 4.79 Å². The average molecular weight is 329 g/mol. The first kappa shape index (κ1) is 14.3. The van der Waals surface area contributed by atoms with Crippen molar-refractivity contribution in [2.45, 2.75) is 37.7 Å². The van der Waals surface area contributed by atoms with E-state index >= 15 is 0 Å². The van der Waals surface area contributed by atoms with Crippen LogP contribution < -0.4 is 4.74 Å². The van der Waals surface area contributed by atoms with Crippen molar-refractivity contribution in [3.63, 3.8) is 0 Å². The smallest absolute Gasteiger partial charge is 0.335 e. The molecular weight excluding hydrogens is 312 g/mol. The second-order valence-corrected chi connectivity index (χ2v) is 5.88. The molecule has 0 radical (unpaired) electrons. The summed E-state index contributed by atoms with van der Waals surface area (Å²) >= 11 is 3.29. The fourth-order valence-corrected chi connectivity index (χ4v) is 2.81. The molecule has 1 aliphatic carbocycles. The van der Waals surface area contributed by atoms with Crippen LogP contribution in [0.5, 0.6) is 5.75 Å². The molecule has 1 saturated carbocycles. The molecule has 0 heterocycles. The van der Waals surface area contributed by atoms with E-state index in [1.54, 1.807) is 6.07 Å². The summed E-state index contributed by atoms with van der Waals surface area (Å²) in [6.07, 6.45) is 4.74. The SMILES string of the molecule is O=C(O)c1ccc(OCC2(O)CCCCC2)c(Br)c1. The quantitative estimate of drug-likeness (QED) is 0.890. The molecule has 1 aromatic rings. The molecule has 0 amide bonds. The fourth-order valence-electron chi connectivity index (χ4n) is 2.32. The predicted octanol–water partition coefficient (Wildman–Crippen LogP) is 3.22. The molecule has 2 rings (SSSR count). The summed E-state index contributed by atoms with van der Waals surface area (Å²) in [4.78, 5) is 10.8. The van der Waals surface area contributed by atoms with Crippen LogP contribution in [0.2, 0.25) is 0 Å². The molecule has 0 aromatic heterocycles. The molecule has 0 saturated heterocycles. The maximum absolute atomic E-state index is 10.8. The number of aromatic carboxylic acids is 1. The molecule has 0 aliphatic heterocycles. The number of carboxylic acids is 1. The summed E-state index contributed by atoms with van der Waals surface area (Å²) in [5, 5.41) is 19.2. The lowest BCUT2D eigenvalue weighted by molar-refractivity contribution is -0.0340. The number of carbonyl (C=O) groups is 1. The number of hydrogen-bond acceptors (Lipinski definition) is 3. The van der Waals surface area contributed by atoms with E-state index in [1.165, 1.54) is 18.6 Å². The van der Waals surface area contributed by atoms with Crippen LogP contribution in [0.4, 0.5) is 0 Å². The Bertz CT molecular complexity index is 467. The van der Waals surface area contributed by atoms with E-state index in [9.17, 15) is 9.90 Å². The van der Waals surface area contributed by atoms with Crippen molar-refractivity contribution in [3.05, 3.63) is 28.2 Å². The van der Waals surface area contributed by atoms with Crippen LogP contribution in [0.25, 0.3) is 0 Å². The van der Waals surface area contributed by atoms with Crippen LogP contribution in [-0.2, 0) is 0 Å². The molecule has 104 valence electrons. The van der Waals surface area contributed by atoms with Gasteiger partial charge in [0.1, 0.15) is 12.4 Å². The standard InChI is InChI=1S/C14H17BrO4/c15-11-8-10(13(16)17)4-5-12(11)19-9-14(18)6-2-1-3-7-14/h4-5,8,18H,1-3,6-7,9H2,(H,16,17). The lowest BCUT2D eigenvalue weighted by Crippen LogP contribution is -2.37. The van der Waals surface area contributed by atoms with E-state index in [-0.39, 0.29) is 12.2 Å². The highest BCUT2D eigenvalue weighted by molar-refractivity contribution is 9.10. The number of aliphatic hydroxyl groups is 1. The van der Waals surface area contributed by atoms with E-state index in [0.29, 0.717) is 10.2 Å². The van der Waals surface area contributed by atoms with Crippen LogP contribution in [0.3, 0.4) is 0 Å². The lowest BCUT2D eigenvalue weighted by Gasteiger charge is -2.31. The lowest BCUT2D eigenvalue weighted by atomic mass is 9.85. The second kappa shape index (κ2) is 5.92. The van der Waals surface area contributed by atoms with Crippen LogP contribution >= 0.6 is 15.9 Å². The maximum atomic E-state index is 10.8. The van der Waals surface area contributed by atoms with Gasteiger partial charge in [0, 0.05) is 0 Å². The molecule has 0 atom stereocenters. The van der Waals surface area contributed by atoms with Crippen molar-refractivity contribution in [1.82, 2.24) is 0 Å². The van der Waals surface area contributed by atoms with Crippen molar-refractivity contribution in [1.29, 1.82) is 0 Å². The van der Waals surface area contributed by atoms with E-state index < -0.39 is 11.6 Å². The topological polar surface area (TPSA) is 66.8 Å². The number of halogens is 1. The normalized spacial score (nSPS) is 18.0. The summed E-state index contributed by atoms with van der Waals surface area (Å²) in [6, 6.07) is 4.61. The molecular formula is C14H17BrO4. The van der Waals surface area contributed by atoms with Gasteiger partial charge in [-0.1, -0.05) is 19.3 Å². The molecule has 0 unspecified atom stereocenters. The Kier molecular flexibility index (Phi) is 4.47. The third kappa shape index (κ3) is 3.70. The summed E-state index contributed by atoms with van der Waals surface area (Å²) in [5.74, 6) is -0.415. The molecule has 5 heteroatoms. The van der Waals surface area contributed by atoms with E-state index in [0.717, 1.165) is 25.7 Å². The molecule has 1 fully saturated rings. The fraction of sp³-hybridized carbons (Fsp3) is 0.500. The summed E-state index contributed by atoms with van der Waals surface area (Å²) in [6.45, 7) is 0.248. The summed E-state index contributed by atoms with van der Waals surface area (Å²) in [7, 11) is 0. The van der Waals surface area contributed by atoms with Gasteiger partial charge in [-0.2, -0.15) is 0 Å². The number of hydrogen-bond donors (Lipinski definition) is 2. The Morgan fingerprint density at radius 3 is 2.58 bits per heavy atom. The van der Waals surface area contributed by atoms with Crippen molar-refractivity contribution < 1.29 is 19.7 Å². The molecule has 1 aliphatic rings. The van der Waals surface area contributed by atoms with Gasteiger partial charge >= 0.3 is 5.97 Å². The molecule has 0 spiro atoms. The number of ether oxygens (including phenoxy) is 1. The Morgan fingerprint density at radius 1 is 1.32 bits per heavy atom. The highest BCUT2D eigenvalue weighted by atomic mass is 79.9. The van der Waals surface area contributed by atoms with Gasteiger partial charge in [0.05, 0.1) is 15.6 Å². The predicted molar refractivity (Wildman–Crippen MR) is 74.6 cm³/mol. The Morgan fingerprint density at radius 2 is 2.00 bits per heavy atom. The van der Waals surface area contributed by atoms with Gasteiger partial charge in [0.25, 0.3) is 0 Å². The van der Waals surface area contributed by atoms with Gasteiger partial charge in [0.2, 0.25) is 0 Å². The average Bonchev–Trinajstić information content (AvgIpc) is 2.38. The highest BCUT2D eigenvalue weighted by Crippen LogP contribution is 2.31. The van der Waals surface area contributed by atoms with E-state index in [2.05, 4.69) is 15.9 Å². The first-order valence-corrected chi connectivity index (χ1v) is 7.17. The van der Waals surface area contributed by atoms with Crippen LogP contribution in [0.15, 0.2) is 22.7 Å². The summed E-state index contributed by atoms with van der Waals surface area (Å²) in [5.41, 5.74) is -0.543. The molecule has 4 nitrogen and oxygen atoms in total. The molecule has 0 bridgehead atoms. The first-order chi connectivity index (χ1) is 9.00. The first-order valence-electron chi connectivity index (χ1n) is 6.38. The van der Waals surface area contributed by atoms with Crippen molar-refractivity contribution in [2.24, 2.45) is 0 Å². The Labute approximate surface area is 120 Å². The van der Waals surface area contributed by atoms with Crippen molar-refractivity contribution in [3.8, 4) is 5.75 Å². The molecule has 2 N–H and O–H groups in total. The highest BCUT2D eigenvalue weighted by Gasteiger charge is 2.30. The third-order valence-electron chi connectivity index (χ3n) is 3.46. The Hall–Kier alpha value is -1.07. The summed E-state index contributed by atoms with van der Waals surface area (Å²) < 4.78 is 6.21. The minimum atomic E-state index is -0.974. The minimum Gasteiger partial charge on any atom is -0.489 e. The molecule has 1 aromatic carbocycles. The number of rotatable bonds is 4. The van der Waals surface area contributed by atoms with Gasteiger partial charge in [-0.15, -0.1) is 0 Å². The zero-order valence-corrected chi connectivity index (χ0v) is 12.1. The van der Waals surface area contributed by atoms with Crippen LogP contribution in [0, 0.1) is 0 Å². The van der Waals surface area contributed by atoms with Gasteiger partial charge in [-0.3, -0.25) is 0 Å². The zero-order chi connectivity index (χ0) is 13.9. The van der Waals surface area contributed by atoms with Gasteiger partial charge in [-0.05, 0) is 47.0 Å². The zero-order valence-electron chi connectivity index (χ0n) is 10.6. The van der Waals surface area contributed by atoms with Gasteiger partial charge in [0.15, 0.2) is 0 Å². The van der Waals surface area contributed by atoms with Crippen LogP contribution in [0.1, 0.15) is 42.5 Å². The molecule has 19 heavy (non-hydrogen) atoms. The number of benzene rings is 1. The maximum Gasteiger partial charge on any atom is 0.335 e. The van der Waals surface area contributed by atoms with E-state index in [1.807, 2.05) is 0 Å². The number of carboxylic acid groups (broad SMARTS) is 1.